The normalized spacial score (nSPS) is 19.6. The molecule has 1 aromatic carbocycles. The number of nitrogens with zero attached hydrogens (tertiary/aromatic N) is 5. The highest BCUT2D eigenvalue weighted by Crippen LogP contribution is 2.20. The third-order valence-corrected chi connectivity index (χ3v) is 9.17. The highest BCUT2D eigenvalue weighted by molar-refractivity contribution is 6.51. The lowest BCUT2D eigenvalue weighted by molar-refractivity contribution is -0.140. The van der Waals surface area contributed by atoms with Crippen LogP contribution in [-0.2, 0) is 30.4 Å². The van der Waals surface area contributed by atoms with Gasteiger partial charge in [0, 0.05) is 76.8 Å². The molecule has 2 amide bonds. The topological polar surface area (TPSA) is 212 Å². The first kappa shape index (κ1) is 40.5. The van der Waals surface area contributed by atoms with Crippen LogP contribution in [0.3, 0.4) is 0 Å². The third-order valence-electron chi connectivity index (χ3n) is 9.17. The third kappa shape index (κ3) is 13.8. The Balaban J connectivity index is 1.56. The molecule has 0 aliphatic carbocycles. The molecule has 2 fully saturated rings. The largest absolute Gasteiger partial charge is 0.480 e. The van der Waals surface area contributed by atoms with Gasteiger partial charge in [0.2, 0.25) is 5.91 Å². The fourth-order valence-electron chi connectivity index (χ4n) is 6.38. The molecule has 3 rings (SSSR count). The zero-order valence-electron chi connectivity index (χ0n) is 29.0. The molecule has 0 radical (unpaired) electrons. The van der Waals surface area contributed by atoms with E-state index < -0.39 is 36.8 Å². The van der Waals surface area contributed by atoms with E-state index in [1.807, 2.05) is 4.90 Å². The fourth-order valence-corrected chi connectivity index (χ4v) is 6.38. The Kier molecular flexibility index (Phi) is 16.3. The second-order valence-electron chi connectivity index (χ2n) is 13.2. The van der Waals surface area contributed by atoms with Crippen molar-refractivity contribution in [1.29, 1.82) is 0 Å². The molecule has 0 spiro atoms. The molecule has 50 heavy (non-hydrogen) atoms. The summed E-state index contributed by atoms with van der Waals surface area (Å²) in [6, 6.07) is 6.04. The maximum Gasteiger partial charge on any atom is 0.317 e. The quantitative estimate of drug-likeness (QED) is 0.138. The molecular weight excluding hydrogens is 651 g/mol. The van der Waals surface area contributed by atoms with E-state index in [0.29, 0.717) is 70.9 Å². The van der Waals surface area contributed by atoms with Gasteiger partial charge in [-0.1, -0.05) is 19.0 Å². The molecule has 2 saturated heterocycles. The lowest BCUT2D eigenvalue weighted by atomic mass is 9.62. The van der Waals surface area contributed by atoms with Crippen molar-refractivity contribution in [3.8, 4) is 0 Å². The predicted octanol–water partition coefficient (Wildman–Crippen LogP) is -1.07. The lowest BCUT2D eigenvalue weighted by Crippen LogP contribution is -2.51. The number of ketones is 1. The van der Waals surface area contributed by atoms with Crippen molar-refractivity contribution in [1.82, 2.24) is 29.8 Å². The van der Waals surface area contributed by atoms with Gasteiger partial charge in [0.25, 0.3) is 5.91 Å². The average Bonchev–Trinajstić information content (AvgIpc) is 3.55. The lowest BCUT2D eigenvalue weighted by Gasteiger charge is -2.32. The van der Waals surface area contributed by atoms with Crippen LogP contribution < -0.4 is 5.32 Å². The molecule has 1 aromatic rings. The van der Waals surface area contributed by atoms with E-state index in [0.717, 1.165) is 18.4 Å². The Morgan fingerprint density at radius 3 is 1.60 bits per heavy atom. The second-order valence-corrected chi connectivity index (χ2v) is 13.2. The van der Waals surface area contributed by atoms with Crippen LogP contribution in [0.4, 0.5) is 0 Å². The summed E-state index contributed by atoms with van der Waals surface area (Å²) in [6.45, 7) is 5.10. The zero-order valence-corrected chi connectivity index (χ0v) is 29.0. The molecule has 0 unspecified atom stereocenters. The van der Waals surface area contributed by atoms with Crippen LogP contribution in [0.25, 0.3) is 0 Å². The van der Waals surface area contributed by atoms with Crippen molar-refractivity contribution in [2.45, 2.75) is 51.4 Å². The van der Waals surface area contributed by atoms with E-state index in [1.54, 1.807) is 57.6 Å². The maximum atomic E-state index is 13.1. The molecule has 16 nitrogen and oxygen atoms in total. The van der Waals surface area contributed by atoms with Gasteiger partial charge >= 0.3 is 24.8 Å². The average molecular weight is 703 g/mol. The first-order chi connectivity index (χ1) is 23.7. The molecule has 276 valence electrons. The monoisotopic (exact) mass is 702 g/mol. The molecule has 2 atom stereocenters. The number of aryl methyl sites for hydroxylation is 1. The number of carboxylic acid groups (broad SMARTS) is 3. The van der Waals surface area contributed by atoms with E-state index in [4.69, 9.17) is 0 Å². The predicted molar refractivity (Wildman–Crippen MR) is 184 cm³/mol. The molecular formula is C33H51BN6O10. The van der Waals surface area contributed by atoms with Crippen LogP contribution in [0, 0.1) is 0 Å². The number of hydrogen-bond acceptors (Lipinski definition) is 11. The first-order valence-corrected chi connectivity index (χ1v) is 17.2. The van der Waals surface area contributed by atoms with Gasteiger partial charge in [-0.15, -0.1) is 0 Å². The summed E-state index contributed by atoms with van der Waals surface area (Å²) in [6.07, 6.45) is 2.17. The molecule has 5 N–H and O–H groups in total. The number of amides is 2. The van der Waals surface area contributed by atoms with Crippen LogP contribution in [0.2, 0.25) is 6.82 Å². The second kappa shape index (κ2) is 20.1. The number of hydrogen-bond donors (Lipinski definition) is 5. The van der Waals surface area contributed by atoms with Crippen LogP contribution in [0.5, 0.6) is 0 Å². The van der Waals surface area contributed by atoms with E-state index in [-0.39, 0.29) is 50.2 Å². The Labute approximate surface area is 293 Å². The highest BCUT2D eigenvalue weighted by Gasteiger charge is 2.36. The summed E-state index contributed by atoms with van der Waals surface area (Å²) >= 11 is 0. The molecule has 0 saturated carbocycles. The van der Waals surface area contributed by atoms with E-state index >= 15 is 0 Å². The van der Waals surface area contributed by atoms with Gasteiger partial charge in [-0.25, -0.2) is 0 Å². The Hall–Kier alpha value is -3.90. The highest BCUT2D eigenvalue weighted by atomic mass is 16.4. The van der Waals surface area contributed by atoms with Crippen LogP contribution in [0.15, 0.2) is 24.3 Å². The van der Waals surface area contributed by atoms with Gasteiger partial charge < -0.3 is 30.6 Å². The van der Waals surface area contributed by atoms with Crippen molar-refractivity contribution in [3.05, 3.63) is 35.4 Å². The van der Waals surface area contributed by atoms with Gasteiger partial charge in [-0.3, -0.25) is 48.4 Å². The van der Waals surface area contributed by atoms with E-state index in [1.165, 1.54) is 0 Å². The summed E-state index contributed by atoms with van der Waals surface area (Å²) in [7, 11) is 0. The Morgan fingerprint density at radius 1 is 0.740 bits per heavy atom. The van der Waals surface area contributed by atoms with Crippen molar-refractivity contribution in [2.75, 3.05) is 85.1 Å². The van der Waals surface area contributed by atoms with E-state index in [9.17, 15) is 49.1 Å². The molecule has 17 heteroatoms. The SMILES string of the molecule is CB(O)[C@@H]1CCCN1C(=O)[C@@H](C)NC(=O)c1ccc(CCC(=O)CN2CCN(CC(=O)O)CCN(CC(=O)O)CCN(CC(=O)O)CC2)cc1. The molecule has 2 heterocycles. The number of carbonyl (C=O) groups excluding carboxylic acids is 3. The fraction of sp³-hybridized carbons (Fsp3) is 0.636. The van der Waals surface area contributed by atoms with Crippen molar-refractivity contribution < 1.29 is 49.1 Å². The van der Waals surface area contributed by atoms with Gasteiger partial charge in [0.1, 0.15) is 11.8 Å². The molecule has 2 aliphatic rings. The molecule has 0 aromatic heterocycles. The van der Waals surface area contributed by atoms with Crippen LogP contribution in [-0.4, -0.2) is 184 Å². The van der Waals surface area contributed by atoms with Crippen molar-refractivity contribution in [3.63, 3.8) is 0 Å². The van der Waals surface area contributed by atoms with E-state index in [2.05, 4.69) is 5.32 Å². The number of Topliss-reactive ketones (excluding diaryl/α,β-unsaturated/α-hetero) is 1. The summed E-state index contributed by atoms with van der Waals surface area (Å²) < 4.78 is 0. The number of benzene rings is 1. The summed E-state index contributed by atoms with van der Waals surface area (Å²) in [5.41, 5.74) is 1.21. The standard InChI is InChI=1S/C33H51BN6O10/c1-24(33(49)40-11-3-4-28(40)34(2)50)35-32(48)26-8-5-25(6-9-26)7-10-27(41)20-36-12-14-37(21-29(42)43)16-18-39(23-31(46)47)19-17-38(15-13-36)22-30(44)45/h5-6,8-9,24,28,50H,3-4,7,10-23H2,1-2H3,(H,35,48)(H,42,43)(H,44,45)(H,46,47)/t24-,28+/m1/s1. The number of carbonyl (C=O) groups is 6. The summed E-state index contributed by atoms with van der Waals surface area (Å²) in [5.74, 6) is -4.01. The van der Waals surface area contributed by atoms with Crippen LogP contribution in [0.1, 0.15) is 42.1 Å². The maximum absolute atomic E-state index is 13.1. The molecule has 2 aliphatic heterocycles. The van der Waals surface area contributed by atoms with Crippen molar-refractivity contribution >= 4 is 42.4 Å². The Morgan fingerprint density at radius 2 is 1.18 bits per heavy atom. The minimum atomic E-state index is -1.03. The van der Waals surface area contributed by atoms with Gasteiger partial charge in [-0.2, -0.15) is 0 Å². The van der Waals surface area contributed by atoms with Gasteiger partial charge in [0.15, 0.2) is 0 Å². The first-order valence-electron chi connectivity index (χ1n) is 17.2. The zero-order chi connectivity index (χ0) is 36.8. The van der Waals surface area contributed by atoms with Crippen LogP contribution >= 0.6 is 0 Å². The van der Waals surface area contributed by atoms with Gasteiger partial charge in [-0.05, 0) is 43.9 Å². The summed E-state index contributed by atoms with van der Waals surface area (Å²) in [4.78, 5) is 81.9. The Bertz CT molecular complexity index is 1300. The number of carboxylic acids is 3. The number of aliphatic carboxylic acids is 3. The van der Waals surface area contributed by atoms with Gasteiger partial charge in [0.05, 0.1) is 26.2 Å². The minimum Gasteiger partial charge on any atom is -0.480 e. The minimum absolute atomic E-state index is 0.0501. The number of nitrogens with one attached hydrogen (secondary N) is 1. The molecule has 0 bridgehead atoms. The van der Waals surface area contributed by atoms with Crippen molar-refractivity contribution in [2.24, 2.45) is 0 Å². The number of rotatable bonds is 15. The number of likely N-dealkylation sites (tertiary alicyclic amines) is 1. The summed E-state index contributed by atoms with van der Waals surface area (Å²) in [5, 5.41) is 40.9. The smallest absolute Gasteiger partial charge is 0.317 e.